The quantitative estimate of drug-likeness (QED) is 0.739. The maximum absolute atomic E-state index is 10.2. The van der Waals surface area contributed by atoms with E-state index in [1.54, 1.807) is 0 Å². The van der Waals surface area contributed by atoms with Crippen molar-refractivity contribution in [2.45, 2.75) is 58.0 Å². The van der Waals surface area contributed by atoms with Gasteiger partial charge in [-0.2, -0.15) is 0 Å². The standard InChI is InChI=1S/C12H24O2/c1-3-5-11-6-8-12(13,9-7-11)10-14-4-2/h11,13H,3-10H2,1-2H3. The molecule has 1 aliphatic carbocycles. The molecule has 0 aliphatic heterocycles. The van der Waals surface area contributed by atoms with E-state index >= 15 is 0 Å². The molecule has 1 rings (SSSR count). The molecule has 0 spiro atoms. The molecule has 0 atom stereocenters. The molecule has 0 bridgehead atoms. The largest absolute Gasteiger partial charge is 0.387 e. The minimum atomic E-state index is -0.514. The summed E-state index contributed by atoms with van der Waals surface area (Å²) >= 11 is 0. The van der Waals surface area contributed by atoms with Crippen LogP contribution >= 0.6 is 0 Å². The molecule has 0 amide bonds. The highest BCUT2D eigenvalue weighted by atomic mass is 16.5. The normalized spacial score (nSPS) is 33.2. The Balaban J connectivity index is 2.25. The number of rotatable bonds is 5. The van der Waals surface area contributed by atoms with Gasteiger partial charge in [0.2, 0.25) is 0 Å². The first-order valence-corrected chi connectivity index (χ1v) is 6.00. The molecule has 1 N–H and O–H groups in total. The van der Waals surface area contributed by atoms with Crippen LogP contribution in [0.1, 0.15) is 52.4 Å². The van der Waals surface area contributed by atoms with Crippen LogP contribution < -0.4 is 0 Å². The fourth-order valence-electron chi connectivity index (χ4n) is 2.35. The number of aliphatic hydroxyl groups is 1. The van der Waals surface area contributed by atoms with E-state index in [0.717, 1.165) is 18.8 Å². The van der Waals surface area contributed by atoms with Gasteiger partial charge >= 0.3 is 0 Å². The molecular weight excluding hydrogens is 176 g/mol. The van der Waals surface area contributed by atoms with Crippen LogP contribution in [0.25, 0.3) is 0 Å². The molecule has 0 unspecified atom stereocenters. The Hall–Kier alpha value is -0.0800. The van der Waals surface area contributed by atoms with Crippen LogP contribution in [0, 0.1) is 5.92 Å². The summed E-state index contributed by atoms with van der Waals surface area (Å²) in [6.07, 6.45) is 6.81. The van der Waals surface area contributed by atoms with Gasteiger partial charge in [0.1, 0.15) is 0 Å². The monoisotopic (exact) mass is 200 g/mol. The fourth-order valence-corrected chi connectivity index (χ4v) is 2.35. The van der Waals surface area contributed by atoms with E-state index in [1.165, 1.54) is 25.7 Å². The molecule has 1 saturated carbocycles. The first-order chi connectivity index (χ1) is 6.70. The highest BCUT2D eigenvalue weighted by Gasteiger charge is 2.32. The van der Waals surface area contributed by atoms with E-state index in [9.17, 15) is 5.11 Å². The van der Waals surface area contributed by atoms with Gasteiger partial charge in [0, 0.05) is 6.61 Å². The molecule has 2 nitrogen and oxygen atoms in total. The second-order valence-electron chi connectivity index (χ2n) is 4.59. The van der Waals surface area contributed by atoms with Gasteiger partial charge in [-0.1, -0.05) is 19.8 Å². The third-order valence-electron chi connectivity index (χ3n) is 3.31. The van der Waals surface area contributed by atoms with Crippen molar-refractivity contribution in [3.8, 4) is 0 Å². The van der Waals surface area contributed by atoms with Crippen molar-refractivity contribution in [1.29, 1.82) is 0 Å². The van der Waals surface area contributed by atoms with Crippen molar-refractivity contribution < 1.29 is 9.84 Å². The fraction of sp³-hybridized carbons (Fsp3) is 1.00. The summed E-state index contributed by atoms with van der Waals surface area (Å²) in [5.41, 5.74) is -0.514. The number of hydrogen-bond donors (Lipinski definition) is 1. The van der Waals surface area contributed by atoms with Crippen LogP contribution in [0.5, 0.6) is 0 Å². The maximum atomic E-state index is 10.2. The van der Waals surface area contributed by atoms with Crippen LogP contribution in [0.2, 0.25) is 0 Å². The molecule has 2 heteroatoms. The van der Waals surface area contributed by atoms with Crippen molar-refractivity contribution >= 4 is 0 Å². The lowest BCUT2D eigenvalue weighted by atomic mass is 9.77. The van der Waals surface area contributed by atoms with Crippen LogP contribution in [0.3, 0.4) is 0 Å². The molecule has 0 aromatic heterocycles. The Morgan fingerprint density at radius 3 is 2.43 bits per heavy atom. The lowest BCUT2D eigenvalue weighted by molar-refractivity contribution is -0.0740. The molecule has 0 heterocycles. The predicted octanol–water partition coefficient (Wildman–Crippen LogP) is 2.74. The van der Waals surface area contributed by atoms with Crippen LogP contribution in [-0.4, -0.2) is 23.9 Å². The summed E-state index contributed by atoms with van der Waals surface area (Å²) in [6.45, 7) is 5.45. The zero-order chi connectivity index (χ0) is 10.4. The highest BCUT2D eigenvalue weighted by molar-refractivity contribution is 4.85. The summed E-state index contributed by atoms with van der Waals surface area (Å²) in [5, 5.41) is 10.2. The Labute approximate surface area is 87.7 Å². The second-order valence-corrected chi connectivity index (χ2v) is 4.59. The minimum Gasteiger partial charge on any atom is -0.387 e. The summed E-state index contributed by atoms with van der Waals surface area (Å²) in [7, 11) is 0. The van der Waals surface area contributed by atoms with Gasteiger partial charge < -0.3 is 9.84 Å². The van der Waals surface area contributed by atoms with E-state index in [1.807, 2.05) is 6.92 Å². The van der Waals surface area contributed by atoms with Gasteiger partial charge in [0.15, 0.2) is 0 Å². The second kappa shape index (κ2) is 5.72. The molecule has 1 fully saturated rings. The van der Waals surface area contributed by atoms with Crippen molar-refractivity contribution in [2.24, 2.45) is 5.92 Å². The number of hydrogen-bond acceptors (Lipinski definition) is 2. The lowest BCUT2D eigenvalue weighted by Crippen LogP contribution is -2.38. The summed E-state index contributed by atoms with van der Waals surface area (Å²) in [6, 6.07) is 0. The summed E-state index contributed by atoms with van der Waals surface area (Å²) in [4.78, 5) is 0. The van der Waals surface area contributed by atoms with Crippen LogP contribution in [0.4, 0.5) is 0 Å². The average molecular weight is 200 g/mol. The molecular formula is C12H24O2. The lowest BCUT2D eigenvalue weighted by Gasteiger charge is -2.35. The molecule has 0 aromatic carbocycles. The molecule has 0 saturated heterocycles. The van der Waals surface area contributed by atoms with Crippen molar-refractivity contribution in [1.82, 2.24) is 0 Å². The SMILES string of the molecule is CCCC1CCC(O)(COCC)CC1. The Kier molecular flexibility index (Phi) is 4.90. The van der Waals surface area contributed by atoms with E-state index in [0.29, 0.717) is 13.2 Å². The van der Waals surface area contributed by atoms with Gasteiger partial charge in [0.25, 0.3) is 0 Å². The molecule has 0 radical (unpaired) electrons. The van der Waals surface area contributed by atoms with E-state index in [2.05, 4.69) is 6.92 Å². The summed E-state index contributed by atoms with van der Waals surface area (Å²) in [5.74, 6) is 0.849. The third kappa shape index (κ3) is 3.58. The van der Waals surface area contributed by atoms with Crippen LogP contribution in [-0.2, 0) is 4.74 Å². The highest BCUT2D eigenvalue weighted by Crippen LogP contribution is 2.34. The molecule has 1 aliphatic rings. The topological polar surface area (TPSA) is 29.5 Å². The first kappa shape index (κ1) is 12.0. The Bertz CT molecular complexity index is 148. The van der Waals surface area contributed by atoms with E-state index in [-0.39, 0.29) is 0 Å². The smallest absolute Gasteiger partial charge is 0.0880 e. The average Bonchev–Trinajstić information content (AvgIpc) is 2.20. The molecule has 14 heavy (non-hydrogen) atoms. The summed E-state index contributed by atoms with van der Waals surface area (Å²) < 4.78 is 5.32. The van der Waals surface area contributed by atoms with Crippen molar-refractivity contribution in [2.75, 3.05) is 13.2 Å². The predicted molar refractivity (Wildman–Crippen MR) is 58.3 cm³/mol. The van der Waals surface area contributed by atoms with Gasteiger partial charge in [-0.15, -0.1) is 0 Å². The van der Waals surface area contributed by atoms with E-state index in [4.69, 9.17) is 4.74 Å². The zero-order valence-corrected chi connectivity index (χ0v) is 9.59. The zero-order valence-electron chi connectivity index (χ0n) is 9.59. The molecule has 0 aromatic rings. The Morgan fingerprint density at radius 2 is 1.93 bits per heavy atom. The minimum absolute atomic E-state index is 0.514. The van der Waals surface area contributed by atoms with Crippen LogP contribution in [0.15, 0.2) is 0 Å². The van der Waals surface area contributed by atoms with Gasteiger partial charge in [0.05, 0.1) is 12.2 Å². The number of ether oxygens (including phenoxy) is 1. The van der Waals surface area contributed by atoms with Gasteiger partial charge in [-0.05, 0) is 38.5 Å². The first-order valence-electron chi connectivity index (χ1n) is 6.00. The van der Waals surface area contributed by atoms with Crippen molar-refractivity contribution in [3.63, 3.8) is 0 Å². The van der Waals surface area contributed by atoms with Gasteiger partial charge in [-0.25, -0.2) is 0 Å². The Morgan fingerprint density at radius 1 is 1.29 bits per heavy atom. The molecule has 84 valence electrons. The van der Waals surface area contributed by atoms with E-state index < -0.39 is 5.60 Å². The maximum Gasteiger partial charge on any atom is 0.0880 e. The van der Waals surface area contributed by atoms with Crippen molar-refractivity contribution in [3.05, 3.63) is 0 Å². The van der Waals surface area contributed by atoms with Gasteiger partial charge in [-0.3, -0.25) is 0 Å². The third-order valence-corrected chi connectivity index (χ3v) is 3.31.